The van der Waals surface area contributed by atoms with E-state index in [4.69, 9.17) is 22.7 Å². The van der Waals surface area contributed by atoms with Gasteiger partial charge in [0.05, 0.1) is 30.8 Å². The second kappa shape index (κ2) is 11.4. The molecule has 0 aromatic heterocycles. The van der Waals surface area contributed by atoms with Crippen LogP contribution >= 0.6 is 12.2 Å². The lowest BCUT2D eigenvalue weighted by Gasteiger charge is -2.22. The minimum absolute atomic E-state index is 0.0646. The maximum atomic E-state index is 13.2. The topological polar surface area (TPSA) is 122 Å². The number of esters is 1. The van der Waals surface area contributed by atoms with Gasteiger partial charge in [0.25, 0.3) is 5.91 Å². The number of rotatable bonds is 10. The highest BCUT2D eigenvalue weighted by molar-refractivity contribution is 7.80. The first-order valence-electron chi connectivity index (χ1n) is 10.8. The maximum absolute atomic E-state index is 13.2. The number of ether oxygens (including phenoxy) is 1. The van der Waals surface area contributed by atoms with Gasteiger partial charge in [-0.05, 0) is 55.4 Å². The molecule has 1 aliphatic heterocycles. The van der Waals surface area contributed by atoms with Crippen LogP contribution in [0.1, 0.15) is 29.3 Å². The summed E-state index contributed by atoms with van der Waals surface area (Å²) >= 11 is 5.45. The van der Waals surface area contributed by atoms with E-state index < -0.39 is 23.8 Å². The first kappa shape index (κ1) is 24.8. The zero-order valence-corrected chi connectivity index (χ0v) is 19.5. The van der Waals surface area contributed by atoms with Gasteiger partial charge in [0.15, 0.2) is 5.11 Å². The molecule has 1 atom stereocenters. The number of benzene rings is 2. The predicted molar refractivity (Wildman–Crippen MR) is 130 cm³/mol. The number of nitrogens with zero attached hydrogens (tertiary/aromatic N) is 2. The summed E-state index contributed by atoms with van der Waals surface area (Å²) < 4.78 is 4.97. The lowest BCUT2D eigenvalue weighted by Crippen LogP contribution is -2.43. The van der Waals surface area contributed by atoms with Gasteiger partial charge < -0.3 is 20.7 Å². The van der Waals surface area contributed by atoms with E-state index in [1.165, 1.54) is 21.9 Å². The third kappa shape index (κ3) is 5.96. The molecule has 2 aromatic carbocycles. The SMILES string of the molecule is CCOC(=O)c1ccc(N2C(=O)C(CC(=O)NCCc3ccccc3)N(CC(N)=O)C2=S)cc1. The van der Waals surface area contributed by atoms with Crippen molar-refractivity contribution in [1.82, 2.24) is 10.2 Å². The van der Waals surface area contributed by atoms with Crippen molar-refractivity contribution in [2.45, 2.75) is 25.8 Å². The summed E-state index contributed by atoms with van der Waals surface area (Å²) in [5.74, 6) is -1.95. The zero-order valence-electron chi connectivity index (χ0n) is 18.7. The third-order valence-electron chi connectivity index (χ3n) is 5.24. The average molecular weight is 483 g/mol. The Labute approximate surface area is 202 Å². The molecule has 1 fully saturated rings. The minimum atomic E-state index is -0.971. The van der Waals surface area contributed by atoms with Gasteiger partial charge in [-0.3, -0.25) is 19.3 Å². The molecule has 0 spiro atoms. The summed E-state index contributed by atoms with van der Waals surface area (Å²) in [5, 5.41) is 2.87. The van der Waals surface area contributed by atoms with Crippen LogP contribution in [-0.2, 0) is 25.5 Å². The van der Waals surface area contributed by atoms with E-state index in [2.05, 4.69) is 5.32 Å². The second-order valence-electron chi connectivity index (χ2n) is 7.62. The minimum Gasteiger partial charge on any atom is -0.462 e. The second-order valence-corrected chi connectivity index (χ2v) is 7.99. The van der Waals surface area contributed by atoms with Crippen molar-refractivity contribution in [2.24, 2.45) is 5.73 Å². The molecule has 0 aliphatic carbocycles. The number of primary amides is 1. The Bertz CT molecular complexity index is 1070. The Balaban J connectivity index is 1.71. The molecule has 0 radical (unpaired) electrons. The van der Waals surface area contributed by atoms with Crippen molar-refractivity contribution in [1.29, 1.82) is 0 Å². The summed E-state index contributed by atoms with van der Waals surface area (Å²) in [4.78, 5) is 51.9. The fourth-order valence-electron chi connectivity index (χ4n) is 3.62. The van der Waals surface area contributed by atoms with Crippen molar-refractivity contribution in [3.05, 3.63) is 65.7 Å². The molecular weight excluding hydrogens is 456 g/mol. The van der Waals surface area contributed by atoms with Crippen LogP contribution in [0.15, 0.2) is 54.6 Å². The molecule has 1 unspecified atom stereocenters. The molecule has 2 aromatic rings. The van der Waals surface area contributed by atoms with E-state index in [1.54, 1.807) is 19.1 Å². The highest BCUT2D eigenvalue weighted by Crippen LogP contribution is 2.27. The molecule has 3 N–H and O–H groups in total. The van der Waals surface area contributed by atoms with E-state index in [0.717, 1.165) is 5.56 Å². The van der Waals surface area contributed by atoms with Gasteiger partial charge in [-0.25, -0.2) is 4.79 Å². The van der Waals surface area contributed by atoms with Gasteiger partial charge in [-0.15, -0.1) is 0 Å². The molecule has 3 rings (SSSR count). The van der Waals surface area contributed by atoms with Crippen LogP contribution in [0.5, 0.6) is 0 Å². The molecule has 34 heavy (non-hydrogen) atoms. The van der Waals surface area contributed by atoms with Crippen LogP contribution in [0.4, 0.5) is 5.69 Å². The van der Waals surface area contributed by atoms with Crippen LogP contribution in [0.2, 0.25) is 0 Å². The quantitative estimate of drug-likeness (QED) is 0.388. The normalized spacial score (nSPS) is 15.4. The van der Waals surface area contributed by atoms with Crippen molar-refractivity contribution in [3.63, 3.8) is 0 Å². The fraction of sp³-hybridized carbons (Fsp3) is 0.292. The van der Waals surface area contributed by atoms with Crippen molar-refractivity contribution in [3.8, 4) is 0 Å². The maximum Gasteiger partial charge on any atom is 0.338 e. The number of anilines is 1. The smallest absolute Gasteiger partial charge is 0.338 e. The van der Waals surface area contributed by atoms with Crippen molar-refractivity contribution in [2.75, 3.05) is 24.6 Å². The molecule has 3 amide bonds. The number of carbonyl (C=O) groups excluding carboxylic acids is 4. The first-order valence-corrected chi connectivity index (χ1v) is 11.2. The Hall–Kier alpha value is -3.79. The Kier molecular flexibility index (Phi) is 8.31. The highest BCUT2D eigenvalue weighted by Gasteiger charge is 2.44. The highest BCUT2D eigenvalue weighted by atomic mass is 32.1. The number of hydrogen-bond acceptors (Lipinski definition) is 6. The summed E-state index contributed by atoms with van der Waals surface area (Å²) in [6.07, 6.45) is 0.464. The van der Waals surface area contributed by atoms with E-state index in [1.807, 2.05) is 30.3 Å². The summed E-state index contributed by atoms with van der Waals surface area (Å²) in [7, 11) is 0. The standard InChI is InChI=1S/C24H26N4O5S/c1-2-33-23(32)17-8-10-18(11-9-17)28-22(31)19(27(24(28)34)15-20(25)29)14-21(30)26-13-12-16-6-4-3-5-7-16/h3-11,19H,2,12-15H2,1H3,(H2,25,29)(H,26,30). The third-order valence-corrected chi connectivity index (χ3v) is 5.66. The van der Waals surface area contributed by atoms with Gasteiger partial charge in [0.1, 0.15) is 6.04 Å². The van der Waals surface area contributed by atoms with Crippen molar-refractivity contribution < 1.29 is 23.9 Å². The molecule has 9 nitrogen and oxygen atoms in total. The molecule has 1 saturated heterocycles. The molecular formula is C24H26N4O5S. The number of nitrogens with two attached hydrogens (primary N) is 1. The predicted octanol–water partition coefficient (Wildman–Crippen LogP) is 1.40. The Morgan fingerprint density at radius 2 is 1.76 bits per heavy atom. The molecule has 178 valence electrons. The van der Waals surface area contributed by atoms with E-state index >= 15 is 0 Å². The van der Waals surface area contributed by atoms with E-state index in [-0.39, 0.29) is 30.6 Å². The van der Waals surface area contributed by atoms with Crippen LogP contribution < -0.4 is 16.0 Å². The molecule has 10 heteroatoms. The van der Waals surface area contributed by atoms with Crippen LogP contribution in [-0.4, -0.2) is 59.4 Å². The average Bonchev–Trinajstić information content (AvgIpc) is 3.03. The van der Waals surface area contributed by atoms with E-state index in [0.29, 0.717) is 24.2 Å². The van der Waals surface area contributed by atoms with Crippen LogP contribution in [0.25, 0.3) is 0 Å². The van der Waals surface area contributed by atoms with Gasteiger partial charge >= 0.3 is 5.97 Å². The first-order chi connectivity index (χ1) is 16.3. The number of amides is 3. The monoisotopic (exact) mass is 482 g/mol. The summed E-state index contributed by atoms with van der Waals surface area (Å²) in [5.41, 5.74) is 7.17. The number of thiocarbonyl (C=S) groups is 1. The Morgan fingerprint density at radius 3 is 2.38 bits per heavy atom. The molecule has 1 heterocycles. The van der Waals surface area contributed by atoms with Gasteiger partial charge in [-0.1, -0.05) is 30.3 Å². The number of hydrogen-bond donors (Lipinski definition) is 2. The molecule has 0 bridgehead atoms. The molecule has 0 saturated carbocycles. The largest absolute Gasteiger partial charge is 0.462 e. The number of carbonyl (C=O) groups is 4. The summed E-state index contributed by atoms with van der Waals surface area (Å²) in [6, 6.07) is 14.9. The lowest BCUT2D eigenvalue weighted by atomic mass is 10.1. The van der Waals surface area contributed by atoms with Gasteiger partial charge in [0, 0.05) is 6.54 Å². The van der Waals surface area contributed by atoms with Gasteiger partial charge in [-0.2, -0.15) is 0 Å². The zero-order chi connectivity index (χ0) is 24.7. The number of nitrogens with one attached hydrogen (secondary N) is 1. The summed E-state index contributed by atoms with van der Waals surface area (Å²) in [6.45, 7) is 2.05. The lowest BCUT2D eigenvalue weighted by molar-refractivity contribution is -0.128. The van der Waals surface area contributed by atoms with Crippen LogP contribution in [0, 0.1) is 0 Å². The fourth-order valence-corrected chi connectivity index (χ4v) is 4.01. The Morgan fingerprint density at radius 1 is 1.09 bits per heavy atom. The molecule has 1 aliphatic rings. The van der Waals surface area contributed by atoms with Gasteiger partial charge in [0.2, 0.25) is 11.8 Å². The van der Waals surface area contributed by atoms with Crippen LogP contribution in [0.3, 0.4) is 0 Å². The van der Waals surface area contributed by atoms with E-state index in [9.17, 15) is 19.2 Å². The van der Waals surface area contributed by atoms with Crippen molar-refractivity contribution >= 4 is 46.7 Å².